The van der Waals surface area contributed by atoms with Gasteiger partial charge >= 0.3 is 12.2 Å². The second kappa shape index (κ2) is 6.50. The molecule has 0 saturated heterocycles. The Kier molecular flexibility index (Phi) is 4.53. The van der Waals surface area contributed by atoms with Crippen LogP contribution in [0.25, 0.3) is 10.9 Å². The maximum Gasteiger partial charge on any atom is 0.431 e. The second-order valence-electron chi connectivity index (χ2n) is 5.19. The van der Waals surface area contributed by atoms with Crippen molar-refractivity contribution in [1.29, 1.82) is 0 Å². The number of benzene rings is 2. The monoisotopic (exact) mass is 387 g/mol. The molecule has 9 heteroatoms. The van der Waals surface area contributed by atoms with Crippen LogP contribution in [0.2, 0.25) is 10.0 Å². The Bertz CT molecular complexity index is 953. The van der Waals surface area contributed by atoms with Crippen molar-refractivity contribution >= 4 is 51.5 Å². The zero-order valence-corrected chi connectivity index (χ0v) is 13.9. The van der Waals surface area contributed by atoms with Gasteiger partial charge in [0.05, 0.1) is 10.0 Å². The van der Waals surface area contributed by atoms with Gasteiger partial charge in [-0.25, -0.2) is 4.79 Å². The van der Waals surface area contributed by atoms with E-state index in [4.69, 9.17) is 23.2 Å². The summed E-state index contributed by atoms with van der Waals surface area (Å²) in [5, 5.41) is 6.07. The van der Waals surface area contributed by atoms with E-state index in [9.17, 15) is 18.0 Å². The molecule has 130 valence electrons. The van der Waals surface area contributed by atoms with Gasteiger partial charge in [-0.2, -0.15) is 13.2 Å². The summed E-state index contributed by atoms with van der Waals surface area (Å²) in [7, 11) is 0. The molecule has 1 aromatic heterocycles. The van der Waals surface area contributed by atoms with Crippen molar-refractivity contribution in [3.05, 3.63) is 58.2 Å². The minimum Gasteiger partial charge on any atom is -0.351 e. The van der Waals surface area contributed by atoms with Crippen LogP contribution in [0, 0.1) is 0 Å². The topological polar surface area (TPSA) is 56.9 Å². The number of hydrogen-bond acceptors (Lipinski definition) is 1. The summed E-state index contributed by atoms with van der Waals surface area (Å²) in [6, 6.07) is 9.39. The quantitative estimate of drug-likeness (QED) is 0.486. The lowest BCUT2D eigenvalue weighted by atomic mass is 10.2. The van der Waals surface area contributed by atoms with Crippen LogP contribution < -0.4 is 10.6 Å². The second-order valence-corrected chi connectivity index (χ2v) is 6.01. The molecule has 3 rings (SSSR count). The third-order valence-electron chi connectivity index (χ3n) is 3.36. The molecule has 4 nitrogen and oxygen atoms in total. The van der Waals surface area contributed by atoms with E-state index < -0.39 is 17.9 Å². The van der Waals surface area contributed by atoms with Crippen LogP contribution in [-0.4, -0.2) is 11.0 Å². The first kappa shape index (κ1) is 17.4. The van der Waals surface area contributed by atoms with E-state index in [2.05, 4.69) is 15.6 Å². The van der Waals surface area contributed by atoms with Gasteiger partial charge < -0.3 is 15.6 Å². The number of carbonyl (C=O) groups is 1. The largest absolute Gasteiger partial charge is 0.431 e. The number of alkyl halides is 3. The molecule has 0 radical (unpaired) electrons. The van der Waals surface area contributed by atoms with Crippen LogP contribution in [0.4, 0.5) is 29.3 Å². The Morgan fingerprint density at radius 2 is 1.56 bits per heavy atom. The molecule has 0 atom stereocenters. The van der Waals surface area contributed by atoms with Gasteiger partial charge in [-0.3, -0.25) is 0 Å². The molecule has 3 N–H and O–H groups in total. The van der Waals surface area contributed by atoms with Crippen LogP contribution in [0.1, 0.15) is 5.69 Å². The predicted octanol–water partition coefficient (Wildman–Crippen LogP) is 6.14. The van der Waals surface area contributed by atoms with Gasteiger partial charge in [0.1, 0.15) is 5.69 Å². The van der Waals surface area contributed by atoms with Crippen molar-refractivity contribution in [2.75, 3.05) is 10.6 Å². The van der Waals surface area contributed by atoms with E-state index in [0.717, 1.165) is 6.07 Å². The first-order chi connectivity index (χ1) is 11.7. The Morgan fingerprint density at radius 1 is 0.920 bits per heavy atom. The normalized spacial score (nSPS) is 11.6. The summed E-state index contributed by atoms with van der Waals surface area (Å²) >= 11 is 11.7. The summed E-state index contributed by atoms with van der Waals surface area (Å²) in [6.07, 6.45) is -4.46. The molecule has 0 aliphatic rings. The van der Waals surface area contributed by atoms with E-state index in [1.54, 1.807) is 6.07 Å². The number of carbonyl (C=O) groups excluding carboxylic acids is 1. The average Bonchev–Trinajstić information content (AvgIpc) is 2.94. The maximum atomic E-state index is 12.7. The lowest BCUT2D eigenvalue weighted by Crippen LogP contribution is -2.19. The molecule has 0 spiro atoms. The van der Waals surface area contributed by atoms with Crippen molar-refractivity contribution in [1.82, 2.24) is 4.98 Å². The number of halogens is 5. The third kappa shape index (κ3) is 4.00. The van der Waals surface area contributed by atoms with Gasteiger partial charge in [-0.05, 0) is 42.5 Å². The molecular formula is C16H10Cl2F3N3O. The molecule has 1 heterocycles. The summed E-state index contributed by atoms with van der Waals surface area (Å²) in [5.41, 5.74) is 0.245. The molecule has 25 heavy (non-hydrogen) atoms. The van der Waals surface area contributed by atoms with E-state index in [-0.39, 0.29) is 5.02 Å². The Hall–Kier alpha value is -2.38. The van der Waals surface area contributed by atoms with Gasteiger partial charge in [-0.15, -0.1) is 0 Å². The number of aromatic amines is 1. The zero-order valence-electron chi connectivity index (χ0n) is 12.3. The standard InChI is InChI=1S/C16H10Cl2F3N3O/c17-11-3-1-10(7-12(11)18)23-15(25)22-9-2-4-13-8(5-9)6-14(24-13)16(19,20)21/h1-7,24H,(H2,22,23,25). The maximum absolute atomic E-state index is 12.7. The van der Waals surface area contributed by atoms with Crippen molar-refractivity contribution in [3.8, 4) is 0 Å². The molecule has 0 saturated carbocycles. The van der Waals surface area contributed by atoms with Crippen molar-refractivity contribution < 1.29 is 18.0 Å². The van der Waals surface area contributed by atoms with Gasteiger partial charge in [0.2, 0.25) is 0 Å². The van der Waals surface area contributed by atoms with E-state index in [1.165, 1.54) is 30.3 Å². The number of aromatic nitrogens is 1. The summed E-state index contributed by atoms with van der Waals surface area (Å²) in [5.74, 6) is 0. The number of H-pyrrole nitrogens is 1. The van der Waals surface area contributed by atoms with Gasteiger partial charge in [0, 0.05) is 22.3 Å². The van der Waals surface area contributed by atoms with Crippen LogP contribution in [0.3, 0.4) is 0 Å². The predicted molar refractivity (Wildman–Crippen MR) is 92.4 cm³/mol. The smallest absolute Gasteiger partial charge is 0.351 e. The van der Waals surface area contributed by atoms with E-state index in [0.29, 0.717) is 27.3 Å². The van der Waals surface area contributed by atoms with Crippen molar-refractivity contribution in [3.63, 3.8) is 0 Å². The molecule has 2 amide bonds. The average molecular weight is 388 g/mol. The highest BCUT2D eigenvalue weighted by Gasteiger charge is 2.32. The Labute approximate surface area is 149 Å². The Morgan fingerprint density at radius 3 is 2.20 bits per heavy atom. The number of nitrogens with one attached hydrogen (secondary N) is 3. The number of anilines is 2. The fourth-order valence-electron chi connectivity index (χ4n) is 2.23. The first-order valence-corrected chi connectivity index (χ1v) is 7.71. The summed E-state index contributed by atoms with van der Waals surface area (Å²) in [4.78, 5) is 14.3. The molecule has 3 aromatic rings. The van der Waals surface area contributed by atoms with Crippen LogP contribution >= 0.6 is 23.2 Å². The van der Waals surface area contributed by atoms with Gasteiger partial charge in [0.15, 0.2) is 0 Å². The van der Waals surface area contributed by atoms with Crippen LogP contribution in [0.5, 0.6) is 0 Å². The number of rotatable bonds is 2. The summed E-state index contributed by atoms with van der Waals surface area (Å²) in [6.45, 7) is 0. The molecule has 0 fully saturated rings. The molecule has 0 unspecified atom stereocenters. The lowest BCUT2D eigenvalue weighted by Gasteiger charge is -2.08. The third-order valence-corrected chi connectivity index (χ3v) is 4.10. The van der Waals surface area contributed by atoms with Crippen molar-refractivity contribution in [2.24, 2.45) is 0 Å². The highest BCUT2D eigenvalue weighted by Crippen LogP contribution is 2.32. The molecular weight excluding hydrogens is 378 g/mol. The first-order valence-electron chi connectivity index (χ1n) is 6.95. The van der Waals surface area contributed by atoms with Crippen LogP contribution in [-0.2, 0) is 6.18 Å². The minimum absolute atomic E-state index is 0.285. The fraction of sp³-hybridized carbons (Fsp3) is 0.0625. The Balaban J connectivity index is 1.75. The molecule has 0 bridgehead atoms. The molecule has 0 aliphatic carbocycles. The van der Waals surface area contributed by atoms with E-state index in [1.807, 2.05) is 0 Å². The fourth-order valence-corrected chi connectivity index (χ4v) is 2.53. The lowest BCUT2D eigenvalue weighted by molar-refractivity contribution is -0.140. The zero-order chi connectivity index (χ0) is 18.2. The molecule has 0 aliphatic heterocycles. The van der Waals surface area contributed by atoms with Gasteiger partial charge in [-0.1, -0.05) is 23.2 Å². The minimum atomic E-state index is -4.46. The number of amides is 2. The van der Waals surface area contributed by atoms with E-state index >= 15 is 0 Å². The number of fused-ring (bicyclic) bond motifs is 1. The summed E-state index contributed by atoms with van der Waals surface area (Å²) < 4.78 is 38.1. The number of urea groups is 1. The highest BCUT2D eigenvalue weighted by atomic mass is 35.5. The van der Waals surface area contributed by atoms with Crippen LogP contribution in [0.15, 0.2) is 42.5 Å². The molecule has 2 aromatic carbocycles. The highest BCUT2D eigenvalue weighted by molar-refractivity contribution is 6.42. The SMILES string of the molecule is O=C(Nc1ccc(Cl)c(Cl)c1)Nc1ccc2[nH]c(C(F)(F)F)cc2c1. The van der Waals surface area contributed by atoms with Gasteiger partial charge in [0.25, 0.3) is 0 Å². The number of hydrogen-bond donors (Lipinski definition) is 3. The van der Waals surface area contributed by atoms with Crippen molar-refractivity contribution in [2.45, 2.75) is 6.18 Å².